The van der Waals surface area contributed by atoms with Crippen LogP contribution < -0.4 is 5.32 Å². The number of aromatic nitrogens is 1. The maximum absolute atomic E-state index is 12.6. The lowest BCUT2D eigenvalue weighted by Gasteiger charge is -2.03. The lowest BCUT2D eigenvalue weighted by Crippen LogP contribution is -2.24. The number of aryl methyl sites for hydroxylation is 2. The number of nitrogens with one attached hydrogen (secondary N) is 1. The first-order chi connectivity index (χ1) is 13.3. The molecule has 2 heterocycles. The lowest BCUT2D eigenvalue weighted by molar-refractivity contribution is 0.0693. The van der Waals surface area contributed by atoms with Crippen LogP contribution in [0.5, 0.6) is 0 Å². The number of nitrogens with zero attached hydrogens (tertiary/aromatic N) is 2. The van der Waals surface area contributed by atoms with Gasteiger partial charge in [0, 0.05) is 23.1 Å². The predicted molar refractivity (Wildman–Crippen MR) is 108 cm³/mol. The van der Waals surface area contributed by atoms with Crippen LogP contribution in [0, 0.1) is 13.8 Å². The maximum Gasteiger partial charge on any atom is 0.261 e. The Morgan fingerprint density at radius 1 is 1.00 bits per heavy atom. The fourth-order valence-electron chi connectivity index (χ4n) is 3.10. The summed E-state index contributed by atoms with van der Waals surface area (Å²) in [6.07, 6.45) is 0. The molecule has 2 aromatic carbocycles. The van der Waals surface area contributed by atoms with Gasteiger partial charge in [-0.3, -0.25) is 24.6 Å². The molecule has 6 nitrogen and oxygen atoms in total. The fourth-order valence-corrected chi connectivity index (χ4v) is 3.93. The van der Waals surface area contributed by atoms with E-state index in [0.717, 1.165) is 21.0 Å². The predicted octanol–water partition coefficient (Wildman–Crippen LogP) is 3.91. The van der Waals surface area contributed by atoms with Gasteiger partial charge in [0.05, 0.1) is 16.8 Å². The van der Waals surface area contributed by atoms with Gasteiger partial charge in [-0.15, -0.1) is 11.3 Å². The number of amides is 3. The van der Waals surface area contributed by atoms with Gasteiger partial charge < -0.3 is 0 Å². The molecule has 1 N–H and O–H groups in total. The average molecular weight is 391 g/mol. The fraction of sp³-hybridized carbons (Fsp3) is 0.143. The van der Waals surface area contributed by atoms with Gasteiger partial charge in [-0.2, -0.15) is 0 Å². The first kappa shape index (κ1) is 18.1. The van der Waals surface area contributed by atoms with Gasteiger partial charge in [-0.25, -0.2) is 4.98 Å². The molecule has 140 valence electrons. The van der Waals surface area contributed by atoms with Gasteiger partial charge in [0.1, 0.15) is 0 Å². The van der Waals surface area contributed by atoms with E-state index in [1.807, 2.05) is 38.1 Å². The standard InChI is InChI=1S/C21H17N3O3S/c1-11-4-6-13(7-5-11)17-12(2)28-21(22-17)23-18(25)14-8-9-15-16(10-14)20(27)24(3)19(15)26/h4-10H,1-3H3,(H,22,23,25). The Hall–Kier alpha value is -3.32. The summed E-state index contributed by atoms with van der Waals surface area (Å²) < 4.78 is 0. The quantitative estimate of drug-likeness (QED) is 0.687. The lowest BCUT2D eigenvalue weighted by atomic mass is 10.1. The molecule has 3 amide bonds. The van der Waals surface area contributed by atoms with Crippen molar-refractivity contribution in [2.45, 2.75) is 13.8 Å². The van der Waals surface area contributed by atoms with Crippen LogP contribution in [0.15, 0.2) is 42.5 Å². The Balaban J connectivity index is 1.58. The van der Waals surface area contributed by atoms with Crippen molar-refractivity contribution in [2.24, 2.45) is 0 Å². The van der Waals surface area contributed by atoms with Crippen molar-refractivity contribution in [3.8, 4) is 11.3 Å². The van der Waals surface area contributed by atoms with E-state index in [1.54, 1.807) is 6.07 Å². The van der Waals surface area contributed by atoms with Crippen LogP contribution in [0.2, 0.25) is 0 Å². The molecule has 4 rings (SSSR count). The summed E-state index contributed by atoms with van der Waals surface area (Å²) in [4.78, 5) is 43.3. The zero-order valence-electron chi connectivity index (χ0n) is 15.6. The van der Waals surface area contributed by atoms with E-state index in [-0.39, 0.29) is 17.4 Å². The molecule has 0 bridgehead atoms. The summed E-state index contributed by atoms with van der Waals surface area (Å²) in [6, 6.07) is 12.6. The second-order valence-corrected chi connectivity index (χ2v) is 7.88. The number of hydrogen-bond donors (Lipinski definition) is 1. The zero-order chi connectivity index (χ0) is 20.0. The minimum atomic E-state index is -0.401. The van der Waals surface area contributed by atoms with Gasteiger partial charge >= 0.3 is 0 Å². The molecular formula is C21H17N3O3S. The van der Waals surface area contributed by atoms with Crippen LogP contribution in [0.4, 0.5) is 5.13 Å². The molecule has 1 aliphatic heterocycles. The normalized spacial score (nSPS) is 13.0. The highest BCUT2D eigenvalue weighted by Gasteiger charge is 2.33. The first-order valence-electron chi connectivity index (χ1n) is 8.67. The molecule has 0 saturated carbocycles. The molecule has 7 heteroatoms. The molecule has 0 atom stereocenters. The summed E-state index contributed by atoms with van der Waals surface area (Å²) in [7, 11) is 1.43. The summed E-state index contributed by atoms with van der Waals surface area (Å²) in [5, 5.41) is 3.27. The van der Waals surface area contributed by atoms with Gasteiger partial charge in [-0.1, -0.05) is 29.8 Å². The van der Waals surface area contributed by atoms with Crippen LogP contribution in [-0.2, 0) is 0 Å². The van der Waals surface area contributed by atoms with E-state index in [0.29, 0.717) is 16.3 Å². The van der Waals surface area contributed by atoms with Crippen molar-refractivity contribution in [2.75, 3.05) is 12.4 Å². The van der Waals surface area contributed by atoms with Gasteiger partial charge in [0.2, 0.25) is 0 Å². The second kappa shape index (κ2) is 6.69. The number of benzene rings is 2. The highest BCUT2D eigenvalue weighted by Crippen LogP contribution is 2.31. The molecular weight excluding hydrogens is 374 g/mol. The van der Waals surface area contributed by atoms with E-state index in [2.05, 4.69) is 10.3 Å². The van der Waals surface area contributed by atoms with Crippen LogP contribution >= 0.6 is 11.3 Å². The molecule has 0 unspecified atom stereocenters. The van der Waals surface area contributed by atoms with E-state index in [4.69, 9.17) is 0 Å². The Morgan fingerprint density at radius 2 is 1.68 bits per heavy atom. The molecule has 0 radical (unpaired) electrons. The molecule has 0 spiro atoms. The van der Waals surface area contributed by atoms with Crippen LogP contribution in [-0.4, -0.2) is 34.7 Å². The summed E-state index contributed by atoms with van der Waals surface area (Å²) in [5.41, 5.74) is 3.85. The van der Waals surface area contributed by atoms with Crippen molar-refractivity contribution < 1.29 is 14.4 Å². The molecule has 1 aliphatic rings. The molecule has 1 aromatic heterocycles. The second-order valence-electron chi connectivity index (χ2n) is 6.67. The SMILES string of the molecule is Cc1ccc(-c2nc(NC(=O)c3ccc4c(c3)C(=O)N(C)C4=O)sc2C)cc1. The molecule has 0 saturated heterocycles. The number of hydrogen-bond acceptors (Lipinski definition) is 5. The van der Waals surface area contributed by atoms with E-state index in [1.165, 1.54) is 36.1 Å². The van der Waals surface area contributed by atoms with Crippen molar-refractivity contribution in [1.82, 2.24) is 9.88 Å². The van der Waals surface area contributed by atoms with Crippen molar-refractivity contribution in [1.29, 1.82) is 0 Å². The number of rotatable bonds is 3. The number of fused-ring (bicyclic) bond motifs is 1. The monoisotopic (exact) mass is 391 g/mol. The average Bonchev–Trinajstić information content (AvgIpc) is 3.15. The van der Waals surface area contributed by atoms with Gasteiger partial charge in [-0.05, 0) is 32.0 Å². The number of imide groups is 1. The summed E-state index contributed by atoms with van der Waals surface area (Å²) in [6.45, 7) is 3.98. The minimum Gasteiger partial charge on any atom is -0.298 e. The van der Waals surface area contributed by atoms with E-state index in [9.17, 15) is 14.4 Å². The topological polar surface area (TPSA) is 79.4 Å². The zero-order valence-corrected chi connectivity index (χ0v) is 16.4. The number of thiazole rings is 1. The van der Waals surface area contributed by atoms with Crippen LogP contribution in [0.1, 0.15) is 41.5 Å². The summed E-state index contributed by atoms with van der Waals surface area (Å²) in [5.74, 6) is -1.13. The van der Waals surface area contributed by atoms with Gasteiger partial charge in [0.25, 0.3) is 17.7 Å². The molecule has 0 fully saturated rings. The number of carbonyl (C=O) groups excluding carboxylic acids is 3. The number of carbonyl (C=O) groups is 3. The largest absolute Gasteiger partial charge is 0.298 e. The Labute approximate surface area is 165 Å². The first-order valence-corrected chi connectivity index (χ1v) is 9.49. The van der Waals surface area contributed by atoms with Crippen LogP contribution in [0.3, 0.4) is 0 Å². The van der Waals surface area contributed by atoms with Crippen LogP contribution in [0.25, 0.3) is 11.3 Å². The van der Waals surface area contributed by atoms with Crippen molar-refractivity contribution in [3.63, 3.8) is 0 Å². The third kappa shape index (κ3) is 2.99. The third-order valence-electron chi connectivity index (χ3n) is 4.69. The Bertz CT molecular complexity index is 1130. The molecule has 0 aliphatic carbocycles. The van der Waals surface area contributed by atoms with Crippen molar-refractivity contribution >= 4 is 34.2 Å². The highest BCUT2D eigenvalue weighted by molar-refractivity contribution is 7.16. The smallest absolute Gasteiger partial charge is 0.261 e. The maximum atomic E-state index is 12.6. The summed E-state index contributed by atoms with van der Waals surface area (Å²) >= 11 is 1.39. The van der Waals surface area contributed by atoms with E-state index >= 15 is 0 Å². The number of anilines is 1. The minimum absolute atomic E-state index is 0.246. The van der Waals surface area contributed by atoms with E-state index < -0.39 is 5.91 Å². The molecule has 3 aromatic rings. The molecule has 28 heavy (non-hydrogen) atoms. The Kier molecular flexibility index (Phi) is 4.31. The van der Waals surface area contributed by atoms with Gasteiger partial charge in [0.15, 0.2) is 5.13 Å². The van der Waals surface area contributed by atoms with Crippen molar-refractivity contribution in [3.05, 3.63) is 69.6 Å². The highest BCUT2D eigenvalue weighted by atomic mass is 32.1. The Morgan fingerprint density at radius 3 is 2.39 bits per heavy atom. The third-order valence-corrected chi connectivity index (χ3v) is 5.58.